The maximum atomic E-state index is 11.9. The summed E-state index contributed by atoms with van der Waals surface area (Å²) in [7, 11) is 0. The van der Waals surface area contributed by atoms with Crippen molar-refractivity contribution in [2.75, 3.05) is 6.54 Å². The van der Waals surface area contributed by atoms with Gasteiger partial charge in [-0.05, 0) is 40.3 Å². The van der Waals surface area contributed by atoms with Crippen molar-refractivity contribution in [1.29, 1.82) is 0 Å². The highest BCUT2D eigenvalue weighted by atomic mass is 16.3. The van der Waals surface area contributed by atoms with Crippen molar-refractivity contribution in [3.05, 3.63) is 60.3 Å². The Bertz CT molecular complexity index is 812. The zero-order chi connectivity index (χ0) is 17.5. The van der Waals surface area contributed by atoms with Gasteiger partial charge in [0.2, 0.25) is 11.8 Å². The summed E-state index contributed by atoms with van der Waals surface area (Å²) in [5.74, 6) is 0.143. The van der Waals surface area contributed by atoms with Crippen LogP contribution in [0.5, 0.6) is 0 Å². The zero-order valence-electron chi connectivity index (χ0n) is 13.3. The summed E-state index contributed by atoms with van der Waals surface area (Å²) in [5.41, 5.74) is 1.62. The third-order valence-corrected chi connectivity index (χ3v) is 3.40. The maximum Gasteiger partial charge on any atom is 0.239 e. The molecule has 0 radical (unpaired) electrons. The molecule has 2 aromatic heterocycles. The van der Waals surface area contributed by atoms with E-state index in [1.165, 1.54) is 17.3 Å². The van der Waals surface area contributed by atoms with Crippen LogP contribution in [0.1, 0.15) is 11.3 Å². The maximum absolute atomic E-state index is 11.9. The summed E-state index contributed by atoms with van der Waals surface area (Å²) in [6.45, 7) is 0.211. The second-order valence-electron chi connectivity index (χ2n) is 5.23. The normalized spacial score (nSPS) is 10.4. The van der Waals surface area contributed by atoms with Crippen LogP contribution in [0.15, 0.2) is 53.4 Å². The van der Waals surface area contributed by atoms with Crippen molar-refractivity contribution in [3.8, 4) is 5.69 Å². The highest BCUT2D eigenvalue weighted by Crippen LogP contribution is 2.08. The van der Waals surface area contributed by atoms with Crippen LogP contribution in [0.2, 0.25) is 0 Å². The molecule has 0 spiro atoms. The molecule has 1 aromatic carbocycles. The van der Waals surface area contributed by atoms with E-state index < -0.39 is 0 Å². The van der Waals surface area contributed by atoms with E-state index in [0.29, 0.717) is 12.3 Å². The fourth-order valence-electron chi connectivity index (χ4n) is 2.13. The second-order valence-corrected chi connectivity index (χ2v) is 5.23. The number of amides is 2. The summed E-state index contributed by atoms with van der Waals surface area (Å²) in [6.07, 6.45) is 3.21. The molecule has 0 saturated heterocycles. The van der Waals surface area contributed by atoms with E-state index in [0.717, 1.165) is 11.3 Å². The predicted octanol–water partition coefficient (Wildman–Crippen LogP) is 0.230. The van der Waals surface area contributed by atoms with Crippen molar-refractivity contribution in [2.45, 2.75) is 13.0 Å². The number of furan rings is 1. The molecule has 3 aromatic rings. The third-order valence-electron chi connectivity index (χ3n) is 3.40. The Balaban J connectivity index is 1.42. The van der Waals surface area contributed by atoms with Gasteiger partial charge in [0.15, 0.2) is 0 Å². The van der Waals surface area contributed by atoms with Gasteiger partial charge in [-0.3, -0.25) is 9.59 Å². The number of carbonyl (C=O) groups excluding carboxylic acids is 2. The first-order chi connectivity index (χ1) is 12.2. The minimum absolute atomic E-state index is 0.0811. The van der Waals surface area contributed by atoms with E-state index in [9.17, 15) is 9.59 Å². The molecular formula is C16H16N6O3. The van der Waals surface area contributed by atoms with Gasteiger partial charge in [0.25, 0.3) is 0 Å². The van der Waals surface area contributed by atoms with Gasteiger partial charge in [-0.25, -0.2) is 4.68 Å². The van der Waals surface area contributed by atoms with Gasteiger partial charge in [-0.2, -0.15) is 0 Å². The van der Waals surface area contributed by atoms with Crippen LogP contribution in [-0.2, 0) is 22.6 Å². The van der Waals surface area contributed by atoms with Gasteiger partial charge in [-0.1, -0.05) is 12.1 Å². The lowest BCUT2D eigenvalue weighted by molar-refractivity contribution is -0.125. The number of benzene rings is 1. The Kier molecular flexibility index (Phi) is 5.15. The number of carbonyl (C=O) groups is 2. The summed E-state index contributed by atoms with van der Waals surface area (Å²) in [5, 5.41) is 16.2. The minimum atomic E-state index is -0.279. The van der Waals surface area contributed by atoms with E-state index >= 15 is 0 Å². The molecule has 3 rings (SSSR count). The van der Waals surface area contributed by atoms with Crippen molar-refractivity contribution >= 4 is 11.8 Å². The first-order valence-electron chi connectivity index (χ1n) is 7.59. The molecule has 0 aliphatic rings. The predicted molar refractivity (Wildman–Crippen MR) is 86.4 cm³/mol. The average Bonchev–Trinajstić information content (AvgIpc) is 3.32. The van der Waals surface area contributed by atoms with Gasteiger partial charge in [-0.15, -0.1) is 5.10 Å². The lowest BCUT2D eigenvalue weighted by Gasteiger charge is -2.07. The fourth-order valence-corrected chi connectivity index (χ4v) is 2.13. The molecule has 0 atom stereocenters. The van der Waals surface area contributed by atoms with Gasteiger partial charge in [0.1, 0.15) is 12.1 Å². The zero-order valence-corrected chi connectivity index (χ0v) is 13.3. The monoisotopic (exact) mass is 340 g/mol. The van der Waals surface area contributed by atoms with E-state index in [-0.39, 0.29) is 24.8 Å². The topological polar surface area (TPSA) is 115 Å². The van der Waals surface area contributed by atoms with Crippen molar-refractivity contribution in [1.82, 2.24) is 30.8 Å². The highest BCUT2D eigenvalue weighted by molar-refractivity contribution is 5.85. The lowest BCUT2D eigenvalue weighted by Crippen LogP contribution is -2.37. The Morgan fingerprint density at radius 1 is 1.08 bits per heavy atom. The van der Waals surface area contributed by atoms with Gasteiger partial charge in [0, 0.05) is 0 Å². The largest absolute Gasteiger partial charge is 0.467 e. The Hall–Kier alpha value is -3.49. The summed E-state index contributed by atoms with van der Waals surface area (Å²) in [6, 6.07) is 10.8. The van der Waals surface area contributed by atoms with E-state index in [1.54, 1.807) is 12.1 Å². The number of hydrogen-bond donors (Lipinski definition) is 2. The molecule has 0 aliphatic heterocycles. The molecule has 0 bridgehead atoms. The number of nitrogens with one attached hydrogen (secondary N) is 2. The second kappa shape index (κ2) is 7.86. The standard InChI is InChI=1S/C16H16N6O3/c23-15(18-10-16(24)17-9-14-2-1-7-25-14)8-12-3-5-13(6-4-12)22-11-19-20-21-22/h1-7,11H,8-10H2,(H,17,24)(H,18,23). The molecule has 0 aliphatic carbocycles. The fraction of sp³-hybridized carbons (Fsp3) is 0.188. The van der Waals surface area contributed by atoms with Crippen molar-refractivity contribution in [2.24, 2.45) is 0 Å². The van der Waals surface area contributed by atoms with Crippen molar-refractivity contribution < 1.29 is 14.0 Å². The lowest BCUT2D eigenvalue weighted by atomic mass is 10.1. The summed E-state index contributed by atoms with van der Waals surface area (Å²) < 4.78 is 6.63. The number of aromatic nitrogens is 4. The van der Waals surface area contributed by atoms with E-state index in [1.807, 2.05) is 24.3 Å². The summed E-state index contributed by atoms with van der Waals surface area (Å²) >= 11 is 0. The van der Waals surface area contributed by atoms with E-state index in [4.69, 9.17) is 4.42 Å². The Labute approximate surface area is 143 Å². The van der Waals surface area contributed by atoms with Crippen LogP contribution in [0, 0.1) is 0 Å². The molecule has 9 heteroatoms. The number of hydrogen-bond acceptors (Lipinski definition) is 6. The summed E-state index contributed by atoms with van der Waals surface area (Å²) in [4.78, 5) is 23.6. The van der Waals surface area contributed by atoms with Crippen molar-refractivity contribution in [3.63, 3.8) is 0 Å². The number of tetrazole rings is 1. The van der Waals surface area contributed by atoms with Crippen LogP contribution < -0.4 is 10.6 Å². The quantitative estimate of drug-likeness (QED) is 0.636. The smallest absolute Gasteiger partial charge is 0.239 e. The van der Waals surface area contributed by atoms with Crippen LogP contribution in [0.25, 0.3) is 5.69 Å². The van der Waals surface area contributed by atoms with Crippen LogP contribution in [0.3, 0.4) is 0 Å². The molecule has 0 unspecified atom stereocenters. The SMILES string of the molecule is O=C(CNC(=O)Cc1ccc(-n2cnnn2)cc1)NCc1ccco1. The van der Waals surface area contributed by atoms with Crippen LogP contribution >= 0.6 is 0 Å². The number of nitrogens with zero attached hydrogens (tertiary/aromatic N) is 4. The molecule has 0 saturated carbocycles. The van der Waals surface area contributed by atoms with Gasteiger partial charge < -0.3 is 15.1 Å². The molecular weight excluding hydrogens is 324 g/mol. The molecule has 2 amide bonds. The third kappa shape index (κ3) is 4.74. The first-order valence-corrected chi connectivity index (χ1v) is 7.59. The highest BCUT2D eigenvalue weighted by Gasteiger charge is 2.07. The molecule has 25 heavy (non-hydrogen) atoms. The Morgan fingerprint density at radius 3 is 2.60 bits per heavy atom. The molecule has 128 valence electrons. The Morgan fingerprint density at radius 2 is 1.92 bits per heavy atom. The average molecular weight is 340 g/mol. The van der Waals surface area contributed by atoms with Gasteiger partial charge in [0.05, 0.1) is 31.5 Å². The van der Waals surface area contributed by atoms with E-state index in [2.05, 4.69) is 26.2 Å². The number of rotatable bonds is 7. The van der Waals surface area contributed by atoms with Crippen LogP contribution in [0.4, 0.5) is 0 Å². The molecule has 2 N–H and O–H groups in total. The minimum Gasteiger partial charge on any atom is -0.467 e. The molecule has 2 heterocycles. The van der Waals surface area contributed by atoms with Crippen LogP contribution in [-0.4, -0.2) is 38.6 Å². The first kappa shape index (κ1) is 16.4. The molecule has 9 nitrogen and oxygen atoms in total. The van der Waals surface area contributed by atoms with Gasteiger partial charge >= 0.3 is 0 Å². The molecule has 0 fully saturated rings.